The number of likely N-dealkylation sites (N-methyl/N-ethyl adjacent to an activating group) is 1. The zero-order valence-corrected chi connectivity index (χ0v) is 12.7. The number of nitrogens with two attached hydrogens (primary N) is 1. The van der Waals surface area contributed by atoms with Gasteiger partial charge >= 0.3 is 0 Å². The molecule has 0 radical (unpaired) electrons. The van der Waals surface area contributed by atoms with Gasteiger partial charge in [0.15, 0.2) is 0 Å². The predicted molar refractivity (Wildman–Crippen MR) is 81.6 cm³/mol. The van der Waals surface area contributed by atoms with Crippen molar-refractivity contribution in [1.82, 2.24) is 4.90 Å². The maximum atomic E-state index is 6.21. The van der Waals surface area contributed by atoms with Crippen LogP contribution in [0.5, 0.6) is 0 Å². The third-order valence-corrected chi connectivity index (χ3v) is 3.47. The Morgan fingerprint density at radius 2 is 2.11 bits per heavy atom. The Kier molecular flexibility index (Phi) is 8.07. The molecule has 0 aromatic heterocycles. The SMILES string of the molecule is CCOCCN(CC)CCC(N)c1cccc(Cl)c1. The second-order valence-electron chi connectivity index (χ2n) is 4.58. The summed E-state index contributed by atoms with van der Waals surface area (Å²) in [5.41, 5.74) is 7.31. The van der Waals surface area contributed by atoms with Crippen LogP contribution in [0.15, 0.2) is 24.3 Å². The molecule has 0 aliphatic heterocycles. The number of halogens is 1. The monoisotopic (exact) mass is 284 g/mol. The molecule has 2 N–H and O–H groups in total. The maximum absolute atomic E-state index is 6.21. The van der Waals surface area contributed by atoms with Gasteiger partial charge in [-0.25, -0.2) is 0 Å². The maximum Gasteiger partial charge on any atom is 0.0593 e. The van der Waals surface area contributed by atoms with Gasteiger partial charge in [-0.05, 0) is 37.6 Å². The van der Waals surface area contributed by atoms with Gasteiger partial charge in [0.1, 0.15) is 0 Å². The molecule has 0 amide bonds. The summed E-state index contributed by atoms with van der Waals surface area (Å²) in [6.07, 6.45) is 0.931. The van der Waals surface area contributed by atoms with Gasteiger partial charge < -0.3 is 15.4 Å². The zero-order valence-electron chi connectivity index (χ0n) is 11.9. The molecule has 19 heavy (non-hydrogen) atoms. The molecule has 0 saturated heterocycles. The van der Waals surface area contributed by atoms with E-state index in [2.05, 4.69) is 11.8 Å². The van der Waals surface area contributed by atoms with Crippen LogP contribution in [0, 0.1) is 0 Å². The van der Waals surface area contributed by atoms with Gasteiger partial charge in [0, 0.05) is 30.8 Å². The summed E-state index contributed by atoms with van der Waals surface area (Å²) in [5.74, 6) is 0. The topological polar surface area (TPSA) is 38.5 Å². The Morgan fingerprint density at radius 1 is 1.32 bits per heavy atom. The van der Waals surface area contributed by atoms with Crippen LogP contribution in [0.2, 0.25) is 5.02 Å². The summed E-state index contributed by atoms with van der Waals surface area (Å²) in [6.45, 7) is 8.72. The fraction of sp³-hybridized carbons (Fsp3) is 0.600. The molecule has 0 aliphatic rings. The van der Waals surface area contributed by atoms with Gasteiger partial charge in [0.25, 0.3) is 0 Å². The molecule has 0 fully saturated rings. The number of hydrogen-bond donors (Lipinski definition) is 1. The van der Waals surface area contributed by atoms with E-state index in [1.54, 1.807) is 0 Å². The molecule has 0 saturated carbocycles. The Bertz CT molecular complexity index is 360. The number of ether oxygens (including phenoxy) is 1. The van der Waals surface area contributed by atoms with Gasteiger partial charge in [0.2, 0.25) is 0 Å². The van der Waals surface area contributed by atoms with Gasteiger partial charge in [-0.15, -0.1) is 0 Å². The minimum absolute atomic E-state index is 0.0415. The van der Waals surface area contributed by atoms with Crippen molar-refractivity contribution in [3.05, 3.63) is 34.9 Å². The van der Waals surface area contributed by atoms with Crippen molar-refractivity contribution in [1.29, 1.82) is 0 Å². The van der Waals surface area contributed by atoms with Crippen molar-refractivity contribution in [3.8, 4) is 0 Å². The molecule has 108 valence electrons. The third-order valence-electron chi connectivity index (χ3n) is 3.24. The lowest BCUT2D eigenvalue weighted by Gasteiger charge is -2.22. The first kappa shape index (κ1) is 16.4. The highest BCUT2D eigenvalue weighted by Crippen LogP contribution is 2.18. The van der Waals surface area contributed by atoms with Gasteiger partial charge in [-0.3, -0.25) is 0 Å². The first-order chi connectivity index (χ1) is 9.17. The van der Waals surface area contributed by atoms with E-state index in [4.69, 9.17) is 22.1 Å². The van der Waals surface area contributed by atoms with Crippen molar-refractivity contribution in [2.75, 3.05) is 32.8 Å². The van der Waals surface area contributed by atoms with E-state index >= 15 is 0 Å². The lowest BCUT2D eigenvalue weighted by atomic mass is 10.0. The molecule has 1 rings (SSSR count). The molecular weight excluding hydrogens is 260 g/mol. The lowest BCUT2D eigenvalue weighted by molar-refractivity contribution is 0.114. The number of hydrogen-bond acceptors (Lipinski definition) is 3. The van der Waals surface area contributed by atoms with Crippen LogP contribution in [0.1, 0.15) is 31.9 Å². The highest BCUT2D eigenvalue weighted by atomic mass is 35.5. The van der Waals surface area contributed by atoms with Crippen molar-refractivity contribution < 1.29 is 4.74 Å². The normalized spacial score (nSPS) is 12.9. The van der Waals surface area contributed by atoms with Crippen LogP contribution in [-0.2, 0) is 4.74 Å². The standard InChI is InChI=1S/C15H25ClN2O/c1-3-18(10-11-19-4-2)9-8-15(17)13-6-5-7-14(16)12-13/h5-7,12,15H,3-4,8-11,17H2,1-2H3. The van der Waals surface area contributed by atoms with E-state index in [-0.39, 0.29) is 6.04 Å². The summed E-state index contributed by atoms with van der Waals surface area (Å²) in [5, 5.41) is 0.747. The summed E-state index contributed by atoms with van der Waals surface area (Å²) in [6, 6.07) is 7.85. The molecule has 0 heterocycles. The highest BCUT2D eigenvalue weighted by Gasteiger charge is 2.09. The first-order valence-electron chi connectivity index (χ1n) is 6.98. The Hall–Kier alpha value is -0.610. The minimum atomic E-state index is 0.0415. The first-order valence-corrected chi connectivity index (χ1v) is 7.36. The molecular formula is C15H25ClN2O. The van der Waals surface area contributed by atoms with Crippen molar-refractivity contribution in [2.45, 2.75) is 26.3 Å². The van der Waals surface area contributed by atoms with Gasteiger partial charge in [0.05, 0.1) is 6.61 Å². The molecule has 1 aromatic carbocycles. The summed E-state index contributed by atoms with van der Waals surface area (Å²) in [7, 11) is 0. The molecule has 0 spiro atoms. The second kappa shape index (κ2) is 9.32. The van der Waals surface area contributed by atoms with Crippen molar-refractivity contribution in [2.24, 2.45) is 5.73 Å². The van der Waals surface area contributed by atoms with Crippen molar-refractivity contribution >= 4 is 11.6 Å². The number of benzene rings is 1. The Morgan fingerprint density at radius 3 is 2.74 bits per heavy atom. The van der Waals surface area contributed by atoms with E-state index in [1.807, 2.05) is 31.2 Å². The second-order valence-corrected chi connectivity index (χ2v) is 5.02. The highest BCUT2D eigenvalue weighted by molar-refractivity contribution is 6.30. The van der Waals surface area contributed by atoms with Gasteiger partial charge in [-0.2, -0.15) is 0 Å². The fourth-order valence-electron chi connectivity index (χ4n) is 1.99. The van der Waals surface area contributed by atoms with Crippen molar-refractivity contribution in [3.63, 3.8) is 0 Å². The van der Waals surface area contributed by atoms with Crippen LogP contribution in [0.25, 0.3) is 0 Å². The van der Waals surface area contributed by atoms with E-state index in [1.165, 1.54) is 0 Å². The summed E-state index contributed by atoms with van der Waals surface area (Å²) >= 11 is 5.98. The van der Waals surface area contributed by atoms with E-state index in [9.17, 15) is 0 Å². The molecule has 1 atom stereocenters. The van der Waals surface area contributed by atoms with Gasteiger partial charge in [-0.1, -0.05) is 30.7 Å². The Balaban J connectivity index is 2.37. The molecule has 3 nitrogen and oxygen atoms in total. The predicted octanol–water partition coefficient (Wildman–Crippen LogP) is 3.09. The molecule has 0 bridgehead atoms. The number of rotatable bonds is 9. The third kappa shape index (κ3) is 6.39. The van der Waals surface area contributed by atoms with E-state index in [0.29, 0.717) is 0 Å². The van der Waals surface area contributed by atoms with Crippen LogP contribution >= 0.6 is 11.6 Å². The van der Waals surface area contributed by atoms with Crippen LogP contribution in [0.4, 0.5) is 0 Å². The van der Waals surface area contributed by atoms with Crippen LogP contribution in [-0.4, -0.2) is 37.7 Å². The van der Waals surface area contributed by atoms with E-state index < -0.39 is 0 Å². The fourth-order valence-corrected chi connectivity index (χ4v) is 2.19. The van der Waals surface area contributed by atoms with Crippen LogP contribution < -0.4 is 5.73 Å². The molecule has 4 heteroatoms. The largest absolute Gasteiger partial charge is 0.380 e. The zero-order chi connectivity index (χ0) is 14.1. The number of nitrogens with zero attached hydrogens (tertiary/aromatic N) is 1. The van der Waals surface area contributed by atoms with E-state index in [0.717, 1.165) is 49.9 Å². The van der Waals surface area contributed by atoms with Crippen LogP contribution in [0.3, 0.4) is 0 Å². The Labute approximate surface area is 121 Å². The lowest BCUT2D eigenvalue weighted by Crippen LogP contribution is -2.30. The molecule has 1 unspecified atom stereocenters. The summed E-state index contributed by atoms with van der Waals surface area (Å²) in [4.78, 5) is 2.36. The quantitative estimate of drug-likeness (QED) is 0.708. The average molecular weight is 285 g/mol. The average Bonchev–Trinajstić information content (AvgIpc) is 2.42. The smallest absolute Gasteiger partial charge is 0.0593 e. The summed E-state index contributed by atoms with van der Waals surface area (Å²) < 4.78 is 5.38. The minimum Gasteiger partial charge on any atom is -0.380 e. The molecule has 0 aliphatic carbocycles. The molecule has 1 aromatic rings.